The zero-order valence-corrected chi connectivity index (χ0v) is 14.1. The third-order valence-electron chi connectivity index (χ3n) is 4.53. The molecule has 122 valence electrons. The SMILES string of the molecule is C=CCC(COS(=O)(=O)c1ccc(C)cc1)C1CCCCC1. The summed E-state index contributed by atoms with van der Waals surface area (Å²) in [6.07, 6.45) is 8.81. The van der Waals surface area contributed by atoms with Crippen LogP contribution >= 0.6 is 0 Å². The van der Waals surface area contributed by atoms with Crippen LogP contribution in [0, 0.1) is 18.8 Å². The molecule has 1 aliphatic rings. The first-order valence-electron chi connectivity index (χ1n) is 8.10. The summed E-state index contributed by atoms with van der Waals surface area (Å²) in [5, 5.41) is 0. The molecule has 0 bridgehead atoms. The second-order valence-electron chi connectivity index (χ2n) is 6.23. The van der Waals surface area contributed by atoms with Gasteiger partial charge in [0.2, 0.25) is 0 Å². The molecule has 22 heavy (non-hydrogen) atoms. The number of hydrogen-bond acceptors (Lipinski definition) is 3. The summed E-state index contributed by atoms with van der Waals surface area (Å²) in [4.78, 5) is 0.235. The van der Waals surface area contributed by atoms with Gasteiger partial charge in [-0.05, 0) is 37.3 Å². The van der Waals surface area contributed by atoms with Crippen molar-refractivity contribution < 1.29 is 12.6 Å². The summed E-state index contributed by atoms with van der Waals surface area (Å²) in [7, 11) is -3.66. The van der Waals surface area contributed by atoms with Gasteiger partial charge >= 0.3 is 0 Å². The van der Waals surface area contributed by atoms with Gasteiger partial charge in [0, 0.05) is 0 Å². The van der Waals surface area contributed by atoms with E-state index in [1.807, 2.05) is 13.0 Å². The summed E-state index contributed by atoms with van der Waals surface area (Å²) in [6, 6.07) is 6.79. The minimum absolute atomic E-state index is 0.235. The Morgan fingerprint density at radius 1 is 1.23 bits per heavy atom. The molecular formula is C18H26O3S. The zero-order valence-electron chi connectivity index (χ0n) is 13.3. The number of rotatable bonds is 7. The summed E-state index contributed by atoms with van der Waals surface area (Å²) in [6.45, 7) is 5.99. The summed E-state index contributed by atoms with van der Waals surface area (Å²) in [5.74, 6) is 0.804. The van der Waals surface area contributed by atoms with Crippen LogP contribution in [-0.4, -0.2) is 15.0 Å². The molecule has 0 spiro atoms. The standard InChI is InChI=1S/C18H26O3S/c1-3-7-17(16-8-5-4-6-9-16)14-21-22(19,20)18-12-10-15(2)11-13-18/h3,10-13,16-17H,1,4-9,14H2,2H3. The smallest absolute Gasteiger partial charge is 0.266 e. The van der Waals surface area contributed by atoms with E-state index < -0.39 is 10.1 Å². The fraction of sp³-hybridized carbons (Fsp3) is 0.556. The molecule has 1 saturated carbocycles. The van der Waals surface area contributed by atoms with E-state index in [0.717, 1.165) is 12.0 Å². The Bertz CT molecular complexity index is 569. The van der Waals surface area contributed by atoms with Gasteiger partial charge in [0.15, 0.2) is 0 Å². The largest absolute Gasteiger partial charge is 0.296 e. The van der Waals surface area contributed by atoms with Gasteiger partial charge in [-0.2, -0.15) is 8.42 Å². The second-order valence-corrected chi connectivity index (χ2v) is 7.85. The number of aryl methyl sites for hydroxylation is 1. The Balaban J connectivity index is 2.01. The maximum Gasteiger partial charge on any atom is 0.296 e. The number of benzene rings is 1. The fourth-order valence-corrected chi connectivity index (χ4v) is 4.13. The van der Waals surface area contributed by atoms with E-state index in [1.54, 1.807) is 24.3 Å². The highest BCUT2D eigenvalue weighted by Gasteiger charge is 2.25. The molecule has 0 aromatic heterocycles. The van der Waals surface area contributed by atoms with Crippen molar-refractivity contribution in [2.24, 2.45) is 11.8 Å². The van der Waals surface area contributed by atoms with Crippen LogP contribution in [0.2, 0.25) is 0 Å². The second kappa shape index (κ2) is 7.93. The van der Waals surface area contributed by atoms with Crippen LogP contribution < -0.4 is 0 Å². The molecule has 1 fully saturated rings. The minimum atomic E-state index is -3.66. The van der Waals surface area contributed by atoms with E-state index in [4.69, 9.17) is 4.18 Å². The van der Waals surface area contributed by atoms with Gasteiger partial charge in [-0.3, -0.25) is 4.18 Å². The Labute approximate surface area is 134 Å². The summed E-state index contributed by atoms with van der Waals surface area (Å²) in [5.41, 5.74) is 1.03. The lowest BCUT2D eigenvalue weighted by molar-refractivity contribution is 0.167. The van der Waals surface area contributed by atoms with Crippen molar-refractivity contribution in [3.63, 3.8) is 0 Å². The predicted octanol–water partition coefficient (Wildman–Crippen LogP) is 4.47. The maximum atomic E-state index is 12.3. The Morgan fingerprint density at radius 2 is 1.86 bits per heavy atom. The van der Waals surface area contributed by atoms with Crippen molar-refractivity contribution >= 4 is 10.1 Å². The molecular weight excluding hydrogens is 296 g/mol. The molecule has 3 nitrogen and oxygen atoms in total. The van der Waals surface area contributed by atoms with Gasteiger partial charge in [0.05, 0.1) is 11.5 Å². The predicted molar refractivity (Wildman–Crippen MR) is 89.2 cm³/mol. The molecule has 2 rings (SSSR count). The van der Waals surface area contributed by atoms with Crippen molar-refractivity contribution in [1.82, 2.24) is 0 Å². The van der Waals surface area contributed by atoms with Gasteiger partial charge in [0.25, 0.3) is 10.1 Å². The molecule has 0 heterocycles. The lowest BCUT2D eigenvalue weighted by atomic mass is 9.79. The zero-order chi connectivity index (χ0) is 16.0. The van der Waals surface area contributed by atoms with Crippen molar-refractivity contribution in [1.29, 1.82) is 0 Å². The first-order chi connectivity index (χ1) is 10.5. The van der Waals surface area contributed by atoms with E-state index in [-0.39, 0.29) is 17.4 Å². The quantitative estimate of drug-likeness (QED) is 0.549. The molecule has 0 amide bonds. The van der Waals surface area contributed by atoms with Crippen LogP contribution in [-0.2, 0) is 14.3 Å². The van der Waals surface area contributed by atoms with E-state index in [0.29, 0.717) is 5.92 Å². The van der Waals surface area contributed by atoms with Crippen LogP contribution in [0.15, 0.2) is 41.8 Å². The maximum absolute atomic E-state index is 12.3. The van der Waals surface area contributed by atoms with E-state index in [9.17, 15) is 8.42 Å². The lowest BCUT2D eigenvalue weighted by Gasteiger charge is -2.29. The lowest BCUT2D eigenvalue weighted by Crippen LogP contribution is -2.24. The third kappa shape index (κ3) is 4.68. The third-order valence-corrected chi connectivity index (χ3v) is 5.83. The first-order valence-corrected chi connectivity index (χ1v) is 9.51. The van der Waals surface area contributed by atoms with E-state index in [2.05, 4.69) is 6.58 Å². The van der Waals surface area contributed by atoms with E-state index in [1.165, 1.54) is 32.1 Å². The van der Waals surface area contributed by atoms with Crippen LogP contribution in [0.5, 0.6) is 0 Å². The summed E-state index contributed by atoms with van der Waals surface area (Å²) >= 11 is 0. The van der Waals surface area contributed by atoms with Crippen molar-refractivity contribution in [3.05, 3.63) is 42.5 Å². The fourth-order valence-electron chi connectivity index (χ4n) is 3.17. The molecule has 1 unspecified atom stereocenters. The van der Waals surface area contributed by atoms with Gasteiger partial charge in [0.1, 0.15) is 0 Å². The van der Waals surface area contributed by atoms with Gasteiger partial charge < -0.3 is 0 Å². The molecule has 0 N–H and O–H groups in total. The first kappa shape index (κ1) is 17.2. The highest BCUT2D eigenvalue weighted by Crippen LogP contribution is 2.32. The highest BCUT2D eigenvalue weighted by atomic mass is 32.2. The van der Waals surface area contributed by atoms with Gasteiger partial charge in [-0.15, -0.1) is 6.58 Å². The molecule has 0 radical (unpaired) electrons. The van der Waals surface area contributed by atoms with Crippen LogP contribution in [0.1, 0.15) is 44.1 Å². The normalized spacial score (nSPS) is 18.0. The molecule has 1 aliphatic carbocycles. The molecule has 4 heteroatoms. The van der Waals surface area contributed by atoms with Crippen LogP contribution in [0.3, 0.4) is 0 Å². The topological polar surface area (TPSA) is 43.4 Å². The molecule has 0 saturated heterocycles. The van der Waals surface area contributed by atoms with Crippen molar-refractivity contribution in [3.8, 4) is 0 Å². The van der Waals surface area contributed by atoms with Crippen LogP contribution in [0.25, 0.3) is 0 Å². The summed E-state index contributed by atoms with van der Waals surface area (Å²) < 4.78 is 29.9. The van der Waals surface area contributed by atoms with Crippen molar-refractivity contribution in [2.75, 3.05) is 6.61 Å². The van der Waals surface area contributed by atoms with Gasteiger partial charge in [-0.1, -0.05) is 55.9 Å². The molecule has 1 aromatic carbocycles. The average Bonchev–Trinajstić information content (AvgIpc) is 2.53. The number of hydrogen-bond donors (Lipinski definition) is 0. The van der Waals surface area contributed by atoms with Crippen LogP contribution in [0.4, 0.5) is 0 Å². The monoisotopic (exact) mass is 322 g/mol. The van der Waals surface area contributed by atoms with Crippen molar-refractivity contribution in [2.45, 2.75) is 50.3 Å². The molecule has 0 aliphatic heterocycles. The highest BCUT2D eigenvalue weighted by molar-refractivity contribution is 7.86. The average molecular weight is 322 g/mol. The van der Waals surface area contributed by atoms with E-state index >= 15 is 0 Å². The molecule has 1 aromatic rings. The minimum Gasteiger partial charge on any atom is -0.266 e. The molecule has 1 atom stereocenters. The Kier molecular flexibility index (Phi) is 6.21. The number of allylic oxidation sites excluding steroid dienone is 1. The Hall–Kier alpha value is -1.13. The Morgan fingerprint density at radius 3 is 2.45 bits per heavy atom. The van der Waals surface area contributed by atoms with Gasteiger partial charge in [-0.25, -0.2) is 0 Å².